The first-order valence-corrected chi connectivity index (χ1v) is 9.82. The highest BCUT2D eigenvalue weighted by atomic mass is 16.5. The van der Waals surface area contributed by atoms with Gasteiger partial charge in [-0.05, 0) is 26.0 Å². The number of carbonyl (C=O) groups is 2. The number of anilines is 1. The number of pyridine rings is 2. The lowest BCUT2D eigenvalue weighted by atomic mass is 9.77. The van der Waals surface area contributed by atoms with Crippen molar-refractivity contribution in [2.75, 3.05) is 44.3 Å². The summed E-state index contributed by atoms with van der Waals surface area (Å²) in [4.78, 5) is 45.7. The summed E-state index contributed by atoms with van der Waals surface area (Å²) in [6.45, 7) is 7.83. The Bertz CT molecular complexity index is 1030. The molecule has 0 atom stereocenters. The number of amides is 2. The fourth-order valence-corrected chi connectivity index (χ4v) is 4.17. The van der Waals surface area contributed by atoms with Crippen molar-refractivity contribution in [1.82, 2.24) is 14.5 Å². The molecule has 9 nitrogen and oxygen atoms in total. The lowest BCUT2D eigenvalue weighted by Gasteiger charge is -2.56. The van der Waals surface area contributed by atoms with E-state index in [0.29, 0.717) is 24.1 Å². The second-order valence-corrected chi connectivity index (χ2v) is 7.80. The number of ether oxygens (including phenoxy) is 1. The van der Waals surface area contributed by atoms with Crippen LogP contribution < -0.4 is 16.2 Å². The van der Waals surface area contributed by atoms with Crippen molar-refractivity contribution in [3.63, 3.8) is 0 Å². The maximum absolute atomic E-state index is 12.9. The van der Waals surface area contributed by atoms with Crippen LogP contribution >= 0.6 is 0 Å². The zero-order chi connectivity index (χ0) is 20.8. The third-order valence-corrected chi connectivity index (χ3v) is 5.85. The lowest BCUT2D eigenvalue weighted by Crippen LogP contribution is -2.66. The summed E-state index contributed by atoms with van der Waals surface area (Å²) < 4.78 is 6.60. The fourth-order valence-electron chi connectivity index (χ4n) is 4.17. The predicted molar refractivity (Wildman–Crippen MR) is 108 cm³/mol. The summed E-state index contributed by atoms with van der Waals surface area (Å²) in [6.07, 6.45) is 1.63. The third kappa shape index (κ3) is 3.15. The number of carbonyl (C=O) groups excluding carboxylic acids is 2. The molecule has 29 heavy (non-hydrogen) atoms. The molecule has 4 rings (SSSR count). The number of aromatic nitrogens is 2. The van der Waals surface area contributed by atoms with Crippen LogP contribution in [0.3, 0.4) is 0 Å². The molecular formula is C20H25N5O4. The molecule has 2 saturated heterocycles. The van der Waals surface area contributed by atoms with Crippen LogP contribution in [0.5, 0.6) is 0 Å². The van der Waals surface area contributed by atoms with Gasteiger partial charge in [0.2, 0.25) is 5.91 Å². The SMILES string of the molecule is CCN(CC)C(=O)Cn1c(=O)c(C(N)=O)cc2c(N3CC4(COC4)C3)ccnc21. The Morgan fingerprint density at radius 3 is 2.52 bits per heavy atom. The van der Waals surface area contributed by atoms with Crippen LogP contribution in [0.25, 0.3) is 11.0 Å². The molecule has 0 saturated carbocycles. The quantitative estimate of drug-likeness (QED) is 0.743. The van der Waals surface area contributed by atoms with Crippen LogP contribution in [0.2, 0.25) is 0 Å². The molecule has 2 aromatic heterocycles. The van der Waals surface area contributed by atoms with Gasteiger partial charge in [-0.3, -0.25) is 19.0 Å². The minimum absolute atomic E-state index is 0.138. The number of hydrogen-bond acceptors (Lipinski definition) is 6. The monoisotopic (exact) mass is 399 g/mol. The Morgan fingerprint density at radius 2 is 1.97 bits per heavy atom. The van der Waals surface area contributed by atoms with Crippen LogP contribution in [-0.4, -0.2) is 65.7 Å². The number of likely N-dealkylation sites (N-methyl/N-ethyl adjacent to an activating group) is 1. The molecule has 0 unspecified atom stereocenters. The van der Waals surface area contributed by atoms with E-state index in [1.807, 2.05) is 19.9 Å². The number of nitrogens with two attached hydrogens (primary N) is 1. The second-order valence-electron chi connectivity index (χ2n) is 7.80. The van der Waals surface area contributed by atoms with E-state index in [4.69, 9.17) is 10.5 Å². The first-order chi connectivity index (χ1) is 13.9. The molecule has 1 spiro atoms. The molecule has 0 aromatic carbocycles. The van der Waals surface area contributed by atoms with Gasteiger partial charge in [-0.25, -0.2) is 4.98 Å². The van der Waals surface area contributed by atoms with E-state index in [1.165, 1.54) is 10.6 Å². The minimum Gasteiger partial charge on any atom is -0.380 e. The van der Waals surface area contributed by atoms with Crippen molar-refractivity contribution in [2.24, 2.45) is 11.1 Å². The van der Waals surface area contributed by atoms with E-state index in [1.54, 1.807) is 11.1 Å². The summed E-state index contributed by atoms with van der Waals surface area (Å²) in [5.74, 6) is -1.02. The maximum Gasteiger partial charge on any atom is 0.265 e. The van der Waals surface area contributed by atoms with Crippen molar-refractivity contribution in [2.45, 2.75) is 20.4 Å². The van der Waals surface area contributed by atoms with Crippen molar-refractivity contribution >= 4 is 28.5 Å². The lowest BCUT2D eigenvalue weighted by molar-refractivity contribution is -0.131. The van der Waals surface area contributed by atoms with Crippen LogP contribution in [-0.2, 0) is 16.1 Å². The van der Waals surface area contributed by atoms with E-state index in [-0.39, 0.29) is 23.4 Å². The number of hydrogen-bond donors (Lipinski definition) is 1. The standard InChI is InChI=1S/C20H25N5O4/c1-3-23(4-2)16(26)8-25-18-13(7-14(17(21)27)19(25)28)15(5-6-22-18)24-9-20(10-24)11-29-12-20/h5-7H,3-4,8-12H2,1-2H3,(H2,21,27). The van der Waals surface area contributed by atoms with Crippen LogP contribution in [0.4, 0.5) is 5.69 Å². The van der Waals surface area contributed by atoms with Crippen LogP contribution in [0.15, 0.2) is 23.1 Å². The van der Waals surface area contributed by atoms with E-state index in [2.05, 4.69) is 9.88 Å². The van der Waals surface area contributed by atoms with Crippen molar-refractivity contribution < 1.29 is 14.3 Å². The molecule has 2 N–H and O–H groups in total. The zero-order valence-corrected chi connectivity index (χ0v) is 16.7. The summed E-state index contributed by atoms with van der Waals surface area (Å²) in [5.41, 5.74) is 6.19. The van der Waals surface area contributed by atoms with Crippen LogP contribution in [0.1, 0.15) is 24.2 Å². The average Bonchev–Trinajstić information content (AvgIpc) is 2.62. The van der Waals surface area contributed by atoms with Gasteiger partial charge in [-0.2, -0.15) is 0 Å². The highest BCUT2D eigenvalue weighted by Crippen LogP contribution is 2.41. The Kier molecular flexibility index (Phi) is 4.77. The maximum atomic E-state index is 12.9. The first kappa shape index (κ1) is 19.4. The van der Waals surface area contributed by atoms with Gasteiger partial charge < -0.3 is 20.3 Å². The molecule has 0 radical (unpaired) electrons. The minimum atomic E-state index is -0.816. The molecule has 9 heteroatoms. The number of primary amides is 1. The average molecular weight is 399 g/mol. The van der Waals surface area contributed by atoms with Gasteiger partial charge in [0, 0.05) is 43.4 Å². The predicted octanol–water partition coefficient (Wildman–Crippen LogP) is 0.200. The number of nitrogens with zero attached hydrogens (tertiary/aromatic N) is 4. The molecule has 2 fully saturated rings. The molecule has 2 amide bonds. The number of fused-ring (bicyclic) bond motifs is 1. The molecular weight excluding hydrogens is 374 g/mol. The van der Waals surface area contributed by atoms with Gasteiger partial charge in [0.05, 0.1) is 18.6 Å². The highest BCUT2D eigenvalue weighted by molar-refractivity contribution is 5.99. The molecule has 2 aliphatic heterocycles. The molecule has 2 aromatic rings. The third-order valence-electron chi connectivity index (χ3n) is 5.85. The summed E-state index contributed by atoms with van der Waals surface area (Å²) >= 11 is 0. The Morgan fingerprint density at radius 1 is 1.28 bits per heavy atom. The summed E-state index contributed by atoms with van der Waals surface area (Å²) in [5, 5.41) is 0.642. The molecule has 0 bridgehead atoms. The fraction of sp³-hybridized carbons (Fsp3) is 0.500. The highest BCUT2D eigenvalue weighted by Gasteiger charge is 2.49. The summed E-state index contributed by atoms with van der Waals surface area (Å²) in [7, 11) is 0. The van der Waals surface area contributed by atoms with Gasteiger partial charge in [0.15, 0.2) is 0 Å². The molecule has 154 valence electrons. The Labute approximate surface area is 168 Å². The second kappa shape index (κ2) is 7.14. The normalized spacial score (nSPS) is 17.1. The summed E-state index contributed by atoms with van der Waals surface area (Å²) in [6, 6.07) is 3.36. The Balaban J connectivity index is 1.80. The van der Waals surface area contributed by atoms with Gasteiger partial charge in [-0.15, -0.1) is 0 Å². The van der Waals surface area contributed by atoms with Gasteiger partial charge in [0.1, 0.15) is 17.8 Å². The first-order valence-electron chi connectivity index (χ1n) is 9.82. The van der Waals surface area contributed by atoms with Crippen molar-refractivity contribution in [1.29, 1.82) is 0 Å². The van der Waals surface area contributed by atoms with Crippen molar-refractivity contribution in [3.8, 4) is 0 Å². The topological polar surface area (TPSA) is 111 Å². The largest absolute Gasteiger partial charge is 0.380 e. The smallest absolute Gasteiger partial charge is 0.265 e. The molecule has 4 heterocycles. The zero-order valence-electron chi connectivity index (χ0n) is 16.7. The number of rotatable bonds is 6. The molecule has 2 aliphatic rings. The van der Waals surface area contributed by atoms with E-state index in [9.17, 15) is 14.4 Å². The van der Waals surface area contributed by atoms with E-state index >= 15 is 0 Å². The van der Waals surface area contributed by atoms with Crippen molar-refractivity contribution in [3.05, 3.63) is 34.2 Å². The van der Waals surface area contributed by atoms with E-state index < -0.39 is 11.5 Å². The molecule has 0 aliphatic carbocycles. The van der Waals surface area contributed by atoms with Crippen LogP contribution in [0, 0.1) is 5.41 Å². The van der Waals surface area contributed by atoms with E-state index in [0.717, 1.165) is 32.0 Å². The van der Waals surface area contributed by atoms with Gasteiger partial charge >= 0.3 is 0 Å². The van der Waals surface area contributed by atoms with Gasteiger partial charge in [0.25, 0.3) is 11.5 Å². The Hall–Kier alpha value is -2.94. The van der Waals surface area contributed by atoms with Gasteiger partial charge in [-0.1, -0.05) is 0 Å².